The fourth-order valence-corrected chi connectivity index (χ4v) is 4.56. The Morgan fingerprint density at radius 1 is 1.48 bits per heavy atom. The van der Waals surface area contributed by atoms with Crippen LogP contribution in [0.1, 0.15) is 44.8 Å². The zero-order chi connectivity index (χ0) is 16.4. The summed E-state index contributed by atoms with van der Waals surface area (Å²) in [5.41, 5.74) is 1.21. The fourth-order valence-electron chi connectivity index (χ4n) is 3.83. The highest BCUT2D eigenvalue weighted by Gasteiger charge is 2.59. The van der Waals surface area contributed by atoms with Gasteiger partial charge in [0.15, 0.2) is 5.96 Å². The average Bonchev–Trinajstić information content (AvgIpc) is 3.17. The molecule has 2 N–H and O–H groups in total. The fraction of sp³-hybridized carbons (Fsp3) is 0.765. The lowest BCUT2D eigenvalue weighted by molar-refractivity contribution is -0.106. The predicted molar refractivity (Wildman–Crippen MR) is 94.9 cm³/mol. The summed E-state index contributed by atoms with van der Waals surface area (Å²) in [6.07, 6.45) is 2.54. The zero-order valence-corrected chi connectivity index (χ0v) is 15.4. The van der Waals surface area contributed by atoms with Crippen molar-refractivity contribution in [2.75, 3.05) is 13.2 Å². The quantitative estimate of drug-likeness (QED) is 0.641. The maximum absolute atomic E-state index is 5.87. The summed E-state index contributed by atoms with van der Waals surface area (Å²) in [6, 6.07) is 0.425. The molecule has 3 rings (SSSR count). The third-order valence-electron chi connectivity index (χ3n) is 5.04. The molecule has 6 heteroatoms. The van der Waals surface area contributed by atoms with E-state index in [4.69, 9.17) is 9.73 Å². The molecule has 2 heterocycles. The van der Waals surface area contributed by atoms with Crippen LogP contribution in [0, 0.1) is 11.3 Å². The molecule has 0 amide bonds. The summed E-state index contributed by atoms with van der Waals surface area (Å²) in [5.74, 6) is 1.50. The Bertz CT molecular complexity index is 569. The Morgan fingerprint density at radius 3 is 3.00 bits per heavy atom. The van der Waals surface area contributed by atoms with E-state index in [0.29, 0.717) is 24.6 Å². The molecule has 23 heavy (non-hydrogen) atoms. The first-order valence-corrected chi connectivity index (χ1v) is 9.54. The number of hydrogen-bond acceptors (Lipinski definition) is 4. The van der Waals surface area contributed by atoms with Crippen LogP contribution in [0.4, 0.5) is 0 Å². The monoisotopic (exact) mass is 336 g/mol. The van der Waals surface area contributed by atoms with Crippen molar-refractivity contribution in [1.29, 1.82) is 0 Å². The SMILES string of the molecule is CCNC(=NCc1csc(CC)n1)NC1C2CCOC2C1(C)C. The molecule has 3 atom stereocenters. The third-order valence-corrected chi connectivity index (χ3v) is 6.08. The second-order valence-electron chi connectivity index (χ2n) is 6.97. The maximum Gasteiger partial charge on any atom is 0.191 e. The van der Waals surface area contributed by atoms with Crippen molar-refractivity contribution in [2.24, 2.45) is 16.3 Å². The molecule has 1 aromatic heterocycles. The number of aliphatic imine (C=N–C) groups is 1. The first-order valence-electron chi connectivity index (χ1n) is 8.66. The minimum atomic E-state index is 0.160. The molecule has 1 aromatic rings. The van der Waals surface area contributed by atoms with Crippen molar-refractivity contribution in [2.45, 2.75) is 59.2 Å². The molecule has 0 bridgehead atoms. The van der Waals surface area contributed by atoms with Crippen LogP contribution in [0.2, 0.25) is 0 Å². The molecule has 128 valence electrons. The van der Waals surface area contributed by atoms with Gasteiger partial charge in [0.2, 0.25) is 0 Å². The number of thiazole rings is 1. The second-order valence-corrected chi connectivity index (χ2v) is 7.91. The highest BCUT2D eigenvalue weighted by molar-refractivity contribution is 7.09. The van der Waals surface area contributed by atoms with Crippen molar-refractivity contribution >= 4 is 17.3 Å². The average molecular weight is 337 g/mol. The van der Waals surface area contributed by atoms with Gasteiger partial charge in [-0.15, -0.1) is 11.3 Å². The van der Waals surface area contributed by atoms with E-state index in [1.807, 2.05) is 0 Å². The zero-order valence-electron chi connectivity index (χ0n) is 14.6. The van der Waals surface area contributed by atoms with Gasteiger partial charge in [0.1, 0.15) is 0 Å². The number of aromatic nitrogens is 1. The van der Waals surface area contributed by atoms with Crippen molar-refractivity contribution in [1.82, 2.24) is 15.6 Å². The molecule has 5 nitrogen and oxygen atoms in total. The number of rotatable bonds is 5. The molecule has 1 aliphatic carbocycles. The first-order chi connectivity index (χ1) is 11.1. The van der Waals surface area contributed by atoms with Gasteiger partial charge >= 0.3 is 0 Å². The number of guanidine groups is 1. The highest BCUT2D eigenvalue weighted by Crippen LogP contribution is 2.52. The van der Waals surface area contributed by atoms with Gasteiger partial charge < -0.3 is 15.4 Å². The van der Waals surface area contributed by atoms with E-state index in [-0.39, 0.29) is 5.41 Å². The molecule has 0 spiro atoms. The van der Waals surface area contributed by atoms with E-state index < -0.39 is 0 Å². The van der Waals surface area contributed by atoms with Gasteiger partial charge in [-0.25, -0.2) is 9.98 Å². The van der Waals surface area contributed by atoms with Crippen LogP contribution in [-0.2, 0) is 17.7 Å². The number of ether oxygens (including phenoxy) is 1. The molecule has 2 aliphatic rings. The lowest BCUT2D eigenvalue weighted by Crippen LogP contribution is -2.67. The van der Waals surface area contributed by atoms with Crippen molar-refractivity contribution in [3.8, 4) is 0 Å². The molecule has 1 saturated carbocycles. The van der Waals surface area contributed by atoms with Crippen LogP contribution in [0.3, 0.4) is 0 Å². The molecule has 1 saturated heterocycles. The Labute approximate surface area is 142 Å². The van der Waals surface area contributed by atoms with Gasteiger partial charge in [-0.1, -0.05) is 20.8 Å². The van der Waals surface area contributed by atoms with Gasteiger partial charge in [-0.2, -0.15) is 0 Å². The first kappa shape index (κ1) is 16.7. The predicted octanol–water partition coefficient (Wildman–Crippen LogP) is 2.57. The van der Waals surface area contributed by atoms with E-state index in [1.54, 1.807) is 11.3 Å². The lowest BCUT2D eigenvalue weighted by atomic mass is 9.57. The van der Waals surface area contributed by atoms with Crippen LogP contribution in [-0.4, -0.2) is 36.2 Å². The molecular weight excluding hydrogens is 308 g/mol. The molecule has 0 aromatic carbocycles. The molecule has 2 fully saturated rings. The van der Waals surface area contributed by atoms with Crippen molar-refractivity contribution < 1.29 is 4.74 Å². The van der Waals surface area contributed by atoms with Crippen LogP contribution in [0.15, 0.2) is 10.4 Å². The smallest absolute Gasteiger partial charge is 0.191 e. The van der Waals surface area contributed by atoms with Crippen LogP contribution in [0.5, 0.6) is 0 Å². The minimum Gasteiger partial charge on any atom is -0.377 e. The summed E-state index contributed by atoms with van der Waals surface area (Å²) in [5, 5.41) is 10.3. The van der Waals surface area contributed by atoms with Gasteiger partial charge in [-0.05, 0) is 19.8 Å². The number of nitrogens with zero attached hydrogens (tertiary/aromatic N) is 2. The van der Waals surface area contributed by atoms with E-state index in [0.717, 1.165) is 37.6 Å². The van der Waals surface area contributed by atoms with Gasteiger partial charge in [0.05, 0.1) is 23.4 Å². The van der Waals surface area contributed by atoms with Gasteiger partial charge in [-0.3, -0.25) is 0 Å². The lowest BCUT2D eigenvalue weighted by Gasteiger charge is -2.54. The van der Waals surface area contributed by atoms with Crippen molar-refractivity contribution in [3.63, 3.8) is 0 Å². The summed E-state index contributed by atoms with van der Waals surface area (Å²) in [6.45, 7) is 11.2. The Balaban J connectivity index is 1.65. The summed E-state index contributed by atoms with van der Waals surface area (Å²) < 4.78 is 5.87. The standard InChI is InChI=1S/C17H28N4OS/c1-5-13-20-11(10-23-13)9-19-16(18-6-2)21-14-12-7-8-22-15(12)17(14,3)4/h10,12,14-15H,5-9H2,1-4H3,(H2,18,19,21). The molecule has 1 aliphatic heterocycles. The summed E-state index contributed by atoms with van der Waals surface area (Å²) in [4.78, 5) is 9.32. The number of aryl methyl sites for hydroxylation is 1. The second kappa shape index (κ2) is 6.77. The highest BCUT2D eigenvalue weighted by atomic mass is 32.1. The van der Waals surface area contributed by atoms with Crippen LogP contribution < -0.4 is 10.6 Å². The topological polar surface area (TPSA) is 58.5 Å². The molecular formula is C17H28N4OS. The Kier molecular flexibility index (Phi) is 4.92. The molecule has 3 unspecified atom stereocenters. The van der Waals surface area contributed by atoms with Gasteiger partial charge in [0.25, 0.3) is 0 Å². The minimum absolute atomic E-state index is 0.160. The number of fused-ring (bicyclic) bond motifs is 1. The summed E-state index contributed by atoms with van der Waals surface area (Å²) in [7, 11) is 0. The van der Waals surface area contributed by atoms with E-state index in [9.17, 15) is 0 Å². The number of hydrogen-bond donors (Lipinski definition) is 2. The van der Waals surface area contributed by atoms with Crippen LogP contribution >= 0.6 is 11.3 Å². The van der Waals surface area contributed by atoms with Crippen LogP contribution in [0.25, 0.3) is 0 Å². The van der Waals surface area contributed by atoms with E-state index >= 15 is 0 Å². The Morgan fingerprint density at radius 2 is 2.30 bits per heavy atom. The Hall–Kier alpha value is -1.14. The van der Waals surface area contributed by atoms with Crippen molar-refractivity contribution in [3.05, 3.63) is 16.1 Å². The van der Waals surface area contributed by atoms with E-state index in [2.05, 4.69) is 48.7 Å². The largest absolute Gasteiger partial charge is 0.377 e. The normalized spacial score (nSPS) is 29.0. The molecule has 0 radical (unpaired) electrons. The van der Waals surface area contributed by atoms with Gasteiger partial charge in [0, 0.05) is 35.9 Å². The summed E-state index contributed by atoms with van der Waals surface area (Å²) >= 11 is 1.72. The number of nitrogens with one attached hydrogen (secondary N) is 2. The maximum atomic E-state index is 5.87. The van der Waals surface area contributed by atoms with E-state index in [1.165, 1.54) is 5.01 Å². The third kappa shape index (κ3) is 3.24.